The smallest absolute Gasteiger partial charge is 0.252 e. The van der Waals surface area contributed by atoms with Crippen LogP contribution < -0.4 is 10.6 Å². The molecule has 5 nitrogen and oxygen atoms in total. The molecule has 0 aliphatic carbocycles. The first-order chi connectivity index (χ1) is 14.3. The maximum atomic E-state index is 13.0. The average Bonchev–Trinajstić information content (AvgIpc) is 2.70. The summed E-state index contributed by atoms with van der Waals surface area (Å²) < 4.78 is 0. The Morgan fingerprint density at radius 3 is 2.20 bits per heavy atom. The summed E-state index contributed by atoms with van der Waals surface area (Å²) in [5.41, 5.74) is 2.74. The molecule has 2 N–H and O–H groups in total. The summed E-state index contributed by atoms with van der Waals surface area (Å²) in [7, 11) is 4.04. The molecule has 0 bridgehead atoms. The number of aryl methyl sites for hydroxylation is 1. The number of likely N-dealkylation sites (N-methyl/N-ethyl adjacent to an activating group) is 1. The van der Waals surface area contributed by atoms with Crippen molar-refractivity contribution in [1.29, 1.82) is 0 Å². The Kier molecular flexibility index (Phi) is 9.06. The number of carbonyl (C=O) groups is 2. The van der Waals surface area contributed by atoms with Crippen molar-refractivity contribution in [3.8, 4) is 0 Å². The maximum Gasteiger partial charge on any atom is 0.252 e. The van der Waals surface area contributed by atoms with Gasteiger partial charge in [0.25, 0.3) is 5.91 Å². The predicted octanol–water partition coefficient (Wildman–Crippen LogP) is 3.43. The largest absolute Gasteiger partial charge is 0.353 e. The fraction of sp³-hybridized carbons (Fsp3) is 0.440. The molecule has 0 aliphatic rings. The first-order valence-corrected chi connectivity index (χ1v) is 10.6. The van der Waals surface area contributed by atoms with Gasteiger partial charge in [-0.2, -0.15) is 0 Å². The van der Waals surface area contributed by atoms with Crippen molar-refractivity contribution >= 4 is 11.8 Å². The van der Waals surface area contributed by atoms with Gasteiger partial charge in [0.15, 0.2) is 0 Å². The van der Waals surface area contributed by atoms with E-state index in [-0.39, 0.29) is 23.8 Å². The third kappa shape index (κ3) is 7.30. The van der Waals surface area contributed by atoms with E-state index in [2.05, 4.69) is 41.5 Å². The number of carbonyl (C=O) groups excluding carboxylic acids is 2. The van der Waals surface area contributed by atoms with E-state index in [0.717, 1.165) is 12.0 Å². The number of rotatable bonds is 10. The fourth-order valence-electron chi connectivity index (χ4n) is 3.43. The second kappa shape index (κ2) is 11.5. The quantitative estimate of drug-likeness (QED) is 0.632. The van der Waals surface area contributed by atoms with E-state index >= 15 is 0 Å². The van der Waals surface area contributed by atoms with Crippen LogP contribution in [0, 0.1) is 12.8 Å². The van der Waals surface area contributed by atoms with Gasteiger partial charge in [0, 0.05) is 18.2 Å². The van der Waals surface area contributed by atoms with E-state index in [0.29, 0.717) is 18.5 Å². The maximum absolute atomic E-state index is 13.0. The predicted molar refractivity (Wildman–Crippen MR) is 123 cm³/mol. The monoisotopic (exact) mass is 409 g/mol. The molecule has 5 heteroatoms. The van der Waals surface area contributed by atoms with Crippen LogP contribution in [0.2, 0.25) is 0 Å². The van der Waals surface area contributed by atoms with Crippen LogP contribution >= 0.6 is 0 Å². The summed E-state index contributed by atoms with van der Waals surface area (Å²) in [6.45, 7) is 6.53. The van der Waals surface area contributed by atoms with Crippen LogP contribution in [0.1, 0.15) is 41.8 Å². The molecule has 0 fully saturated rings. The molecule has 0 aliphatic heterocycles. The molecule has 0 spiro atoms. The topological polar surface area (TPSA) is 61.4 Å². The summed E-state index contributed by atoms with van der Waals surface area (Å²) in [6, 6.07) is 17.3. The Hall–Kier alpha value is -2.66. The van der Waals surface area contributed by atoms with Crippen molar-refractivity contribution in [1.82, 2.24) is 15.5 Å². The Balaban J connectivity index is 2.03. The highest BCUT2D eigenvalue weighted by atomic mass is 16.2. The molecular weight excluding hydrogens is 374 g/mol. The Morgan fingerprint density at radius 2 is 1.60 bits per heavy atom. The van der Waals surface area contributed by atoms with E-state index in [9.17, 15) is 9.59 Å². The third-order valence-corrected chi connectivity index (χ3v) is 5.27. The minimum atomic E-state index is -0.559. The van der Waals surface area contributed by atoms with Crippen molar-refractivity contribution in [3.05, 3.63) is 71.3 Å². The molecule has 0 saturated heterocycles. The van der Waals surface area contributed by atoms with E-state index < -0.39 is 6.04 Å². The second-order valence-corrected chi connectivity index (χ2v) is 8.52. The molecule has 2 rings (SSSR count). The van der Waals surface area contributed by atoms with Crippen molar-refractivity contribution in [2.75, 3.05) is 20.6 Å². The highest BCUT2D eigenvalue weighted by molar-refractivity contribution is 5.98. The van der Waals surface area contributed by atoms with Crippen LogP contribution in [0.3, 0.4) is 0 Å². The molecule has 2 atom stereocenters. The average molecular weight is 410 g/mol. The fourth-order valence-corrected chi connectivity index (χ4v) is 3.43. The van der Waals surface area contributed by atoms with Crippen molar-refractivity contribution < 1.29 is 9.59 Å². The van der Waals surface area contributed by atoms with Gasteiger partial charge in [-0.15, -0.1) is 0 Å². The van der Waals surface area contributed by atoms with Crippen molar-refractivity contribution in [3.63, 3.8) is 0 Å². The lowest BCUT2D eigenvalue weighted by molar-refractivity contribution is -0.123. The van der Waals surface area contributed by atoms with Gasteiger partial charge >= 0.3 is 0 Å². The molecule has 0 saturated carbocycles. The summed E-state index contributed by atoms with van der Waals surface area (Å²) >= 11 is 0. The van der Waals surface area contributed by atoms with Crippen molar-refractivity contribution in [2.24, 2.45) is 5.92 Å². The highest BCUT2D eigenvalue weighted by Gasteiger charge is 2.24. The lowest BCUT2D eigenvalue weighted by atomic mass is 10.0. The zero-order valence-electron chi connectivity index (χ0n) is 18.8. The number of hydrogen-bond acceptors (Lipinski definition) is 3. The molecule has 2 amide bonds. The molecular formula is C25H35N3O2. The summed E-state index contributed by atoms with van der Waals surface area (Å²) in [5.74, 6) is -0.0558. The number of hydrogen-bond donors (Lipinski definition) is 2. The standard InChI is InChI=1S/C25H35N3O2/c1-18(2)15-23(27-24(29)22-14-10-9-11-19(22)3)25(30)26-17-21(28(4)5)16-20-12-7-6-8-13-20/h6-14,18,21,23H,15-17H2,1-5H3,(H,26,30)(H,27,29). The summed E-state index contributed by atoms with van der Waals surface area (Å²) in [4.78, 5) is 27.8. The molecule has 0 aromatic heterocycles. The van der Waals surface area contributed by atoms with Gasteiger partial charge in [0.1, 0.15) is 6.04 Å². The Labute approximate surface area is 180 Å². The van der Waals surface area contributed by atoms with E-state index in [1.54, 1.807) is 6.07 Å². The van der Waals surface area contributed by atoms with E-state index in [1.807, 2.05) is 57.4 Å². The lowest BCUT2D eigenvalue weighted by Gasteiger charge is -2.27. The summed E-state index contributed by atoms with van der Waals surface area (Å²) in [6.07, 6.45) is 1.44. The zero-order valence-corrected chi connectivity index (χ0v) is 18.8. The lowest BCUT2D eigenvalue weighted by Crippen LogP contribution is -2.50. The molecule has 30 heavy (non-hydrogen) atoms. The SMILES string of the molecule is Cc1ccccc1C(=O)NC(CC(C)C)C(=O)NCC(Cc1ccccc1)N(C)C. The van der Waals surface area contributed by atoms with Gasteiger partial charge in [0.05, 0.1) is 0 Å². The van der Waals surface area contributed by atoms with E-state index in [4.69, 9.17) is 0 Å². The van der Waals surface area contributed by atoms with Crippen LogP contribution in [0.5, 0.6) is 0 Å². The first-order valence-electron chi connectivity index (χ1n) is 10.6. The van der Waals surface area contributed by atoms with Gasteiger partial charge in [-0.3, -0.25) is 9.59 Å². The van der Waals surface area contributed by atoms with Crippen LogP contribution in [-0.2, 0) is 11.2 Å². The van der Waals surface area contributed by atoms with Gasteiger partial charge in [-0.1, -0.05) is 62.4 Å². The molecule has 2 aromatic rings. The van der Waals surface area contributed by atoms with Gasteiger partial charge < -0.3 is 15.5 Å². The van der Waals surface area contributed by atoms with Gasteiger partial charge in [0.2, 0.25) is 5.91 Å². The van der Waals surface area contributed by atoms with Crippen LogP contribution in [0.15, 0.2) is 54.6 Å². The van der Waals surface area contributed by atoms with Crippen LogP contribution in [-0.4, -0.2) is 49.4 Å². The highest BCUT2D eigenvalue weighted by Crippen LogP contribution is 2.11. The minimum absolute atomic E-state index is 0.134. The number of nitrogens with zero attached hydrogens (tertiary/aromatic N) is 1. The second-order valence-electron chi connectivity index (χ2n) is 8.52. The number of amides is 2. The van der Waals surface area contributed by atoms with Crippen molar-refractivity contribution in [2.45, 2.75) is 45.7 Å². The zero-order chi connectivity index (χ0) is 22.1. The van der Waals surface area contributed by atoms with Gasteiger partial charge in [-0.25, -0.2) is 0 Å². The Morgan fingerprint density at radius 1 is 0.967 bits per heavy atom. The molecule has 0 radical (unpaired) electrons. The number of benzene rings is 2. The van der Waals surface area contributed by atoms with E-state index in [1.165, 1.54) is 5.56 Å². The molecule has 0 heterocycles. The normalized spacial score (nSPS) is 13.2. The molecule has 2 aromatic carbocycles. The minimum Gasteiger partial charge on any atom is -0.353 e. The van der Waals surface area contributed by atoms with Crippen LogP contribution in [0.25, 0.3) is 0 Å². The Bertz CT molecular complexity index is 818. The molecule has 2 unspecified atom stereocenters. The first kappa shape index (κ1) is 23.6. The summed E-state index contributed by atoms with van der Waals surface area (Å²) in [5, 5.41) is 6.01. The third-order valence-electron chi connectivity index (χ3n) is 5.27. The van der Waals surface area contributed by atoms with Gasteiger partial charge in [-0.05, 0) is 57.0 Å². The molecule has 162 valence electrons. The number of nitrogens with one attached hydrogen (secondary N) is 2. The van der Waals surface area contributed by atoms with Crippen LogP contribution in [0.4, 0.5) is 0 Å².